The number of carbonyl (C=O) groups is 1. The van der Waals surface area contributed by atoms with Crippen LogP contribution in [0.4, 0.5) is 5.95 Å². The quantitative estimate of drug-likeness (QED) is 0.839. The van der Waals surface area contributed by atoms with E-state index >= 15 is 0 Å². The first-order valence-corrected chi connectivity index (χ1v) is 7.33. The van der Waals surface area contributed by atoms with Crippen molar-refractivity contribution in [2.45, 2.75) is 13.0 Å². The molecule has 7 nitrogen and oxygen atoms in total. The van der Waals surface area contributed by atoms with Crippen molar-refractivity contribution in [2.24, 2.45) is 5.92 Å². The van der Waals surface area contributed by atoms with Crippen LogP contribution in [0.3, 0.4) is 0 Å². The van der Waals surface area contributed by atoms with Crippen LogP contribution >= 0.6 is 0 Å². The van der Waals surface area contributed by atoms with Crippen LogP contribution in [0.1, 0.15) is 12.1 Å². The fourth-order valence-corrected chi connectivity index (χ4v) is 2.46. The third kappa shape index (κ3) is 3.68. The predicted molar refractivity (Wildman–Crippen MR) is 75.8 cm³/mol. The third-order valence-electron chi connectivity index (χ3n) is 3.74. The van der Waals surface area contributed by atoms with Crippen LogP contribution in [0.25, 0.3) is 0 Å². The largest absolute Gasteiger partial charge is 0.381 e. The number of hydrogen-bond acceptors (Lipinski definition) is 6. The number of nitrogens with one attached hydrogen (secondary N) is 1. The summed E-state index contributed by atoms with van der Waals surface area (Å²) in [4.78, 5) is 22.8. The van der Waals surface area contributed by atoms with E-state index in [1.54, 1.807) is 6.20 Å². The second kappa shape index (κ2) is 6.82. The van der Waals surface area contributed by atoms with E-state index in [2.05, 4.69) is 20.2 Å². The Kier molecular flexibility index (Phi) is 4.62. The number of amides is 1. The summed E-state index contributed by atoms with van der Waals surface area (Å²) in [5.74, 6) is 0.721. The van der Waals surface area contributed by atoms with Gasteiger partial charge < -0.3 is 19.7 Å². The lowest BCUT2D eigenvalue weighted by molar-refractivity contribution is -0.125. The van der Waals surface area contributed by atoms with E-state index in [4.69, 9.17) is 9.47 Å². The molecule has 0 spiro atoms. The van der Waals surface area contributed by atoms with Gasteiger partial charge in [0.1, 0.15) is 0 Å². The normalized spacial score (nSPS) is 22.3. The summed E-state index contributed by atoms with van der Waals surface area (Å²) in [7, 11) is 0. The lowest BCUT2D eigenvalue weighted by atomic mass is 10.1. The van der Waals surface area contributed by atoms with Gasteiger partial charge in [0, 0.05) is 25.9 Å². The zero-order chi connectivity index (χ0) is 14.5. The van der Waals surface area contributed by atoms with Crippen molar-refractivity contribution in [3.63, 3.8) is 0 Å². The average Bonchev–Trinajstić information content (AvgIpc) is 3.08. The number of ether oxygens (including phenoxy) is 2. The number of anilines is 1. The minimum Gasteiger partial charge on any atom is -0.381 e. The van der Waals surface area contributed by atoms with Crippen molar-refractivity contribution in [2.75, 3.05) is 44.4 Å². The van der Waals surface area contributed by atoms with Crippen LogP contribution < -0.4 is 10.2 Å². The fraction of sp³-hybridized carbons (Fsp3) is 0.643. The highest BCUT2D eigenvalue weighted by Crippen LogP contribution is 2.13. The molecular formula is C14H20N4O3. The highest BCUT2D eigenvalue weighted by Gasteiger charge is 2.23. The molecule has 3 heterocycles. The molecule has 2 saturated heterocycles. The molecule has 1 unspecified atom stereocenters. The number of rotatable bonds is 4. The Morgan fingerprint density at radius 1 is 1.33 bits per heavy atom. The van der Waals surface area contributed by atoms with Crippen LogP contribution in [0.2, 0.25) is 0 Å². The summed E-state index contributed by atoms with van der Waals surface area (Å²) < 4.78 is 10.5. The topological polar surface area (TPSA) is 76.6 Å². The first kappa shape index (κ1) is 14.2. The van der Waals surface area contributed by atoms with Gasteiger partial charge in [0.25, 0.3) is 0 Å². The van der Waals surface area contributed by atoms with Gasteiger partial charge in [-0.05, 0) is 12.5 Å². The van der Waals surface area contributed by atoms with E-state index in [1.165, 1.54) is 0 Å². The first-order valence-electron chi connectivity index (χ1n) is 7.33. The monoisotopic (exact) mass is 292 g/mol. The summed E-state index contributed by atoms with van der Waals surface area (Å²) in [6, 6.07) is 1.83. The maximum absolute atomic E-state index is 11.9. The summed E-state index contributed by atoms with van der Waals surface area (Å²) >= 11 is 0. The molecule has 0 aromatic carbocycles. The Hall–Kier alpha value is -1.73. The molecule has 0 radical (unpaired) electrons. The molecule has 1 N–H and O–H groups in total. The molecule has 2 aliphatic heterocycles. The molecule has 114 valence electrons. The van der Waals surface area contributed by atoms with Gasteiger partial charge in [-0.15, -0.1) is 0 Å². The summed E-state index contributed by atoms with van der Waals surface area (Å²) in [6.45, 7) is 4.62. The SMILES string of the molecule is O=C(NCc1ccnc(N2CCOCC2)n1)C1CCOC1. The first-order chi connectivity index (χ1) is 10.3. The van der Waals surface area contributed by atoms with E-state index in [-0.39, 0.29) is 11.8 Å². The van der Waals surface area contributed by atoms with E-state index in [0.29, 0.717) is 38.9 Å². The van der Waals surface area contributed by atoms with Gasteiger partial charge in [0.15, 0.2) is 0 Å². The summed E-state index contributed by atoms with van der Waals surface area (Å²) in [6.07, 6.45) is 2.53. The second-order valence-corrected chi connectivity index (χ2v) is 5.23. The summed E-state index contributed by atoms with van der Waals surface area (Å²) in [5, 5.41) is 2.92. The van der Waals surface area contributed by atoms with E-state index < -0.39 is 0 Å². The molecule has 21 heavy (non-hydrogen) atoms. The molecule has 0 aliphatic carbocycles. The molecule has 2 fully saturated rings. The average molecular weight is 292 g/mol. The van der Waals surface area contributed by atoms with Crippen LogP contribution in [-0.2, 0) is 20.8 Å². The van der Waals surface area contributed by atoms with Gasteiger partial charge >= 0.3 is 0 Å². The zero-order valence-electron chi connectivity index (χ0n) is 12.0. The number of carbonyl (C=O) groups excluding carboxylic acids is 1. The molecule has 7 heteroatoms. The molecule has 1 atom stereocenters. The highest BCUT2D eigenvalue weighted by molar-refractivity contribution is 5.78. The Bertz CT molecular complexity index is 485. The Labute approximate surface area is 123 Å². The van der Waals surface area contributed by atoms with Crippen LogP contribution in [0.5, 0.6) is 0 Å². The van der Waals surface area contributed by atoms with E-state index in [9.17, 15) is 4.79 Å². The van der Waals surface area contributed by atoms with E-state index in [1.807, 2.05) is 6.07 Å². The second-order valence-electron chi connectivity index (χ2n) is 5.23. The fourth-order valence-electron chi connectivity index (χ4n) is 2.46. The van der Waals surface area contributed by atoms with Crippen molar-refractivity contribution in [3.05, 3.63) is 18.0 Å². The van der Waals surface area contributed by atoms with Crippen molar-refractivity contribution < 1.29 is 14.3 Å². The van der Waals surface area contributed by atoms with Crippen LogP contribution in [0, 0.1) is 5.92 Å². The zero-order valence-corrected chi connectivity index (χ0v) is 12.0. The molecule has 1 aromatic rings. The maximum Gasteiger partial charge on any atom is 0.225 e. The van der Waals surface area contributed by atoms with E-state index in [0.717, 1.165) is 25.2 Å². The smallest absolute Gasteiger partial charge is 0.225 e. The summed E-state index contributed by atoms with van der Waals surface area (Å²) in [5.41, 5.74) is 0.818. The van der Waals surface area contributed by atoms with Gasteiger partial charge in [-0.25, -0.2) is 9.97 Å². The van der Waals surface area contributed by atoms with Crippen molar-refractivity contribution >= 4 is 11.9 Å². The molecule has 3 rings (SSSR count). The van der Waals surface area contributed by atoms with Gasteiger partial charge in [-0.2, -0.15) is 0 Å². The standard InChI is InChI=1S/C14H20N4O3/c19-13(11-2-6-21-10-11)16-9-12-1-3-15-14(17-12)18-4-7-20-8-5-18/h1,3,11H,2,4-10H2,(H,16,19). The van der Waals surface area contributed by atoms with Crippen molar-refractivity contribution in [3.8, 4) is 0 Å². The number of morpholine rings is 1. The molecule has 2 aliphatic rings. The molecule has 1 aromatic heterocycles. The number of hydrogen-bond donors (Lipinski definition) is 1. The highest BCUT2D eigenvalue weighted by atomic mass is 16.5. The van der Waals surface area contributed by atoms with Crippen molar-refractivity contribution in [1.82, 2.24) is 15.3 Å². The lowest BCUT2D eigenvalue weighted by Crippen LogP contribution is -2.37. The third-order valence-corrected chi connectivity index (χ3v) is 3.74. The Morgan fingerprint density at radius 3 is 2.95 bits per heavy atom. The van der Waals surface area contributed by atoms with Crippen LogP contribution in [-0.4, -0.2) is 55.4 Å². The van der Waals surface area contributed by atoms with Gasteiger partial charge in [0.05, 0.1) is 38.0 Å². The maximum atomic E-state index is 11.9. The minimum absolute atomic E-state index is 0.0226. The number of nitrogens with zero attached hydrogens (tertiary/aromatic N) is 3. The predicted octanol–water partition coefficient (Wildman–Crippen LogP) is -0.0341. The minimum atomic E-state index is -0.0226. The Balaban J connectivity index is 1.56. The molecule has 1 amide bonds. The van der Waals surface area contributed by atoms with Gasteiger partial charge in [0.2, 0.25) is 11.9 Å². The van der Waals surface area contributed by atoms with Crippen molar-refractivity contribution in [1.29, 1.82) is 0 Å². The lowest BCUT2D eigenvalue weighted by Gasteiger charge is -2.26. The molecule has 0 saturated carbocycles. The number of aromatic nitrogens is 2. The Morgan fingerprint density at radius 2 is 2.19 bits per heavy atom. The van der Waals surface area contributed by atoms with Gasteiger partial charge in [-0.1, -0.05) is 0 Å². The molecular weight excluding hydrogens is 272 g/mol. The molecule has 0 bridgehead atoms. The van der Waals surface area contributed by atoms with Gasteiger partial charge in [-0.3, -0.25) is 4.79 Å². The van der Waals surface area contributed by atoms with Crippen LogP contribution in [0.15, 0.2) is 12.3 Å².